The molecule has 0 aliphatic heterocycles. The molecule has 2 aromatic carbocycles. The maximum atomic E-state index is 10.2. The molecule has 0 aliphatic rings. The summed E-state index contributed by atoms with van der Waals surface area (Å²) in [5, 5.41) is 8.63. The monoisotopic (exact) mass is 230 g/mol. The molecule has 0 heterocycles. The van der Waals surface area contributed by atoms with Crippen molar-refractivity contribution in [2.45, 2.75) is 0 Å². The molecular weight excluding hydrogens is 216 g/mol. The van der Waals surface area contributed by atoms with Crippen molar-refractivity contribution in [2.24, 2.45) is 0 Å². The number of carbonyl (C=O) groups is 1. The van der Waals surface area contributed by atoms with Gasteiger partial charge in [-0.2, -0.15) is 0 Å². The van der Waals surface area contributed by atoms with Crippen LogP contribution in [-0.4, -0.2) is 18.5 Å². The van der Waals surface area contributed by atoms with Crippen molar-refractivity contribution in [3.8, 4) is 11.5 Å². The van der Waals surface area contributed by atoms with Gasteiger partial charge < -0.3 is 9.84 Å². The number of aldehydes is 1. The number of phenols is 1. The van der Waals surface area contributed by atoms with E-state index >= 15 is 0 Å². The standard InChI is InChI=1S/C8H8O2.C6H6O/c1-10-8-4-2-7(6-9)3-5-8;7-6-4-2-1-3-5-6/h2-6H,1H3;1-5,7H. The van der Waals surface area contributed by atoms with Crippen LogP contribution in [0.4, 0.5) is 0 Å². The van der Waals surface area contributed by atoms with Gasteiger partial charge >= 0.3 is 0 Å². The average Bonchev–Trinajstić information content (AvgIpc) is 2.40. The molecule has 0 saturated carbocycles. The van der Waals surface area contributed by atoms with Crippen molar-refractivity contribution in [1.29, 1.82) is 0 Å². The number of hydrogen-bond acceptors (Lipinski definition) is 3. The van der Waals surface area contributed by atoms with Crippen molar-refractivity contribution in [3.63, 3.8) is 0 Å². The quantitative estimate of drug-likeness (QED) is 0.807. The van der Waals surface area contributed by atoms with Crippen molar-refractivity contribution in [2.75, 3.05) is 7.11 Å². The third kappa shape index (κ3) is 4.84. The Hall–Kier alpha value is -2.29. The summed E-state index contributed by atoms with van der Waals surface area (Å²) in [4.78, 5) is 10.2. The number of aromatic hydroxyl groups is 1. The number of benzene rings is 2. The third-order valence-corrected chi connectivity index (χ3v) is 2.01. The van der Waals surface area contributed by atoms with Crippen LogP contribution in [0.25, 0.3) is 0 Å². The molecule has 0 atom stereocenters. The predicted molar refractivity (Wildman–Crippen MR) is 66.5 cm³/mol. The van der Waals surface area contributed by atoms with Gasteiger partial charge in [-0.15, -0.1) is 0 Å². The fraction of sp³-hybridized carbons (Fsp3) is 0.0714. The van der Waals surface area contributed by atoms with E-state index in [4.69, 9.17) is 9.84 Å². The van der Waals surface area contributed by atoms with E-state index in [0.29, 0.717) is 11.3 Å². The lowest BCUT2D eigenvalue weighted by Gasteiger charge is -1.96. The second kappa shape index (κ2) is 7.06. The van der Waals surface area contributed by atoms with Gasteiger partial charge in [0.2, 0.25) is 0 Å². The predicted octanol–water partition coefficient (Wildman–Crippen LogP) is 2.90. The summed E-state index contributed by atoms with van der Waals surface area (Å²) in [6.07, 6.45) is 0.805. The van der Waals surface area contributed by atoms with Crippen molar-refractivity contribution in [3.05, 3.63) is 60.2 Å². The summed E-state index contributed by atoms with van der Waals surface area (Å²) >= 11 is 0. The average molecular weight is 230 g/mol. The molecule has 0 bridgehead atoms. The van der Waals surface area contributed by atoms with Crippen molar-refractivity contribution >= 4 is 6.29 Å². The topological polar surface area (TPSA) is 46.5 Å². The molecule has 0 spiro atoms. The molecule has 1 N–H and O–H groups in total. The van der Waals surface area contributed by atoms with Crippen LogP contribution in [-0.2, 0) is 0 Å². The highest BCUT2D eigenvalue weighted by Gasteiger charge is 1.89. The number of hydrogen-bond donors (Lipinski definition) is 1. The second-order valence-electron chi connectivity index (χ2n) is 3.23. The largest absolute Gasteiger partial charge is 0.508 e. The van der Waals surface area contributed by atoms with Gasteiger partial charge in [0.25, 0.3) is 0 Å². The maximum Gasteiger partial charge on any atom is 0.150 e. The Balaban J connectivity index is 0.000000181. The van der Waals surface area contributed by atoms with Crippen molar-refractivity contribution in [1.82, 2.24) is 0 Å². The van der Waals surface area contributed by atoms with Gasteiger partial charge in [0, 0.05) is 5.56 Å². The minimum absolute atomic E-state index is 0.322. The SMILES string of the molecule is COc1ccc(C=O)cc1.Oc1ccccc1. The number of carbonyl (C=O) groups excluding carboxylic acids is 1. The van der Waals surface area contributed by atoms with Crippen LogP contribution in [0.1, 0.15) is 10.4 Å². The van der Waals surface area contributed by atoms with Gasteiger partial charge in [-0.05, 0) is 36.4 Å². The normalized spacial score (nSPS) is 8.76. The number of methoxy groups -OCH3 is 1. The molecule has 0 aliphatic carbocycles. The first-order valence-electron chi connectivity index (χ1n) is 5.09. The zero-order valence-electron chi connectivity index (χ0n) is 9.54. The Labute approximate surface area is 100 Å². The zero-order chi connectivity index (χ0) is 12.5. The minimum atomic E-state index is 0.322. The van der Waals surface area contributed by atoms with E-state index in [1.165, 1.54) is 0 Å². The molecule has 17 heavy (non-hydrogen) atoms. The molecule has 2 rings (SSSR count). The van der Waals surface area contributed by atoms with E-state index in [1.54, 1.807) is 55.6 Å². The summed E-state index contributed by atoms with van der Waals surface area (Å²) in [5.41, 5.74) is 0.667. The second-order valence-corrected chi connectivity index (χ2v) is 3.23. The molecule has 0 unspecified atom stereocenters. The molecule has 2 aromatic rings. The number of ether oxygens (including phenoxy) is 1. The van der Waals surface area contributed by atoms with E-state index in [-0.39, 0.29) is 0 Å². The van der Waals surface area contributed by atoms with E-state index in [9.17, 15) is 4.79 Å². The van der Waals surface area contributed by atoms with E-state index in [0.717, 1.165) is 12.0 Å². The van der Waals surface area contributed by atoms with Gasteiger partial charge in [0.15, 0.2) is 0 Å². The highest BCUT2D eigenvalue weighted by Crippen LogP contribution is 2.09. The number of para-hydroxylation sites is 1. The molecular formula is C14H14O3. The lowest BCUT2D eigenvalue weighted by atomic mass is 10.2. The van der Waals surface area contributed by atoms with E-state index < -0.39 is 0 Å². The highest BCUT2D eigenvalue weighted by molar-refractivity contribution is 5.74. The van der Waals surface area contributed by atoms with Crippen LogP contribution in [0.15, 0.2) is 54.6 Å². The fourth-order valence-corrected chi connectivity index (χ4v) is 1.11. The van der Waals surface area contributed by atoms with E-state index in [1.807, 2.05) is 6.07 Å². The molecule has 88 valence electrons. The summed E-state index contributed by atoms with van der Waals surface area (Å²) in [7, 11) is 1.59. The first-order chi connectivity index (χ1) is 8.26. The zero-order valence-corrected chi connectivity index (χ0v) is 9.54. The van der Waals surface area contributed by atoms with E-state index in [2.05, 4.69) is 0 Å². The number of phenolic OH excluding ortho intramolecular Hbond substituents is 1. The highest BCUT2D eigenvalue weighted by atomic mass is 16.5. The summed E-state index contributed by atoms with van der Waals surface area (Å²) in [6.45, 7) is 0. The Bertz CT molecular complexity index is 435. The van der Waals surface area contributed by atoms with Gasteiger partial charge in [-0.1, -0.05) is 18.2 Å². The molecule has 0 radical (unpaired) electrons. The molecule has 0 amide bonds. The van der Waals surface area contributed by atoms with Crippen LogP contribution < -0.4 is 4.74 Å². The minimum Gasteiger partial charge on any atom is -0.508 e. The van der Waals surface area contributed by atoms with Crippen molar-refractivity contribution < 1.29 is 14.6 Å². The summed E-state index contributed by atoms with van der Waals surface area (Å²) in [5.74, 6) is 1.09. The van der Waals surface area contributed by atoms with Crippen LogP contribution in [0.5, 0.6) is 11.5 Å². The fourth-order valence-electron chi connectivity index (χ4n) is 1.11. The first-order valence-corrected chi connectivity index (χ1v) is 5.09. The Morgan fingerprint density at radius 2 is 1.59 bits per heavy atom. The lowest BCUT2D eigenvalue weighted by Crippen LogP contribution is -1.82. The van der Waals surface area contributed by atoms with Crippen LogP contribution >= 0.6 is 0 Å². The lowest BCUT2D eigenvalue weighted by molar-refractivity contribution is 0.112. The molecule has 3 nitrogen and oxygen atoms in total. The van der Waals surface area contributed by atoms with Gasteiger partial charge in [0.05, 0.1) is 7.11 Å². The first kappa shape index (κ1) is 12.8. The van der Waals surface area contributed by atoms with Crippen LogP contribution in [0.3, 0.4) is 0 Å². The summed E-state index contributed by atoms with van der Waals surface area (Å²) < 4.78 is 4.90. The third-order valence-electron chi connectivity index (χ3n) is 2.01. The van der Waals surface area contributed by atoms with Gasteiger partial charge in [-0.3, -0.25) is 4.79 Å². The molecule has 3 heteroatoms. The van der Waals surface area contributed by atoms with Gasteiger partial charge in [0.1, 0.15) is 17.8 Å². The summed E-state index contributed by atoms with van der Waals surface area (Å²) in [6, 6.07) is 15.6. The Morgan fingerprint density at radius 3 is 1.94 bits per heavy atom. The smallest absolute Gasteiger partial charge is 0.150 e. The Morgan fingerprint density at radius 1 is 1.00 bits per heavy atom. The van der Waals surface area contributed by atoms with Gasteiger partial charge in [-0.25, -0.2) is 0 Å². The Kier molecular flexibility index (Phi) is 5.31. The maximum absolute atomic E-state index is 10.2. The van der Waals surface area contributed by atoms with Crippen LogP contribution in [0, 0.1) is 0 Å². The molecule has 0 saturated heterocycles. The van der Waals surface area contributed by atoms with Crippen LogP contribution in [0.2, 0.25) is 0 Å². The molecule has 0 aromatic heterocycles. The number of rotatable bonds is 2. The molecule has 0 fully saturated rings.